The van der Waals surface area contributed by atoms with Crippen molar-refractivity contribution in [2.45, 2.75) is 0 Å². The zero-order valence-electron chi connectivity index (χ0n) is 22.1. The maximum atomic E-state index is 13.9. The summed E-state index contributed by atoms with van der Waals surface area (Å²) in [5.74, 6) is -7.96. The first kappa shape index (κ1) is 31.4. The molecule has 0 radical (unpaired) electrons. The van der Waals surface area contributed by atoms with Crippen LogP contribution in [-0.2, 0) is 19.1 Å². The Morgan fingerprint density at radius 2 is 0.810 bits per heavy atom. The minimum absolute atomic E-state index is 0.0162. The van der Waals surface area contributed by atoms with Crippen LogP contribution in [0.1, 0.15) is 22.3 Å². The highest BCUT2D eigenvalue weighted by atomic mass is 19.2. The summed E-state index contributed by atoms with van der Waals surface area (Å²) in [4.78, 5) is 22.9. The number of carbonyl (C=O) groups excluding carboxylic acids is 2. The molecule has 4 aromatic carbocycles. The van der Waals surface area contributed by atoms with Gasteiger partial charge in [-0.15, -0.1) is 0 Å². The van der Waals surface area contributed by atoms with Crippen LogP contribution in [0.2, 0.25) is 0 Å². The summed E-state index contributed by atoms with van der Waals surface area (Å²) in [6, 6.07) is 18.6. The Morgan fingerprint density at radius 3 is 1.07 bits per heavy atom. The van der Waals surface area contributed by atoms with E-state index >= 15 is 0 Å². The second-order valence-corrected chi connectivity index (χ2v) is 8.38. The maximum Gasteiger partial charge on any atom is 0.331 e. The van der Waals surface area contributed by atoms with Crippen LogP contribution in [0.4, 0.5) is 26.3 Å². The van der Waals surface area contributed by atoms with E-state index < -0.39 is 58.0 Å². The summed E-state index contributed by atoms with van der Waals surface area (Å²) < 4.78 is 90.7. The van der Waals surface area contributed by atoms with Crippen molar-refractivity contribution in [1.29, 1.82) is 0 Å². The molecule has 0 atom stereocenters. The topological polar surface area (TPSA) is 52.6 Å². The van der Waals surface area contributed by atoms with Crippen molar-refractivity contribution in [3.05, 3.63) is 154 Å². The second-order valence-electron chi connectivity index (χ2n) is 8.38. The van der Waals surface area contributed by atoms with E-state index in [1.54, 1.807) is 60.7 Å². The van der Waals surface area contributed by atoms with Crippen LogP contribution in [0.25, 0.3) is 11.1 Å². The molecule has 10 heteroatoms. The first-order valence-corrected chi connectivity index (χ1v) is 12.1. The van der Waals surface area contributed by atoms with Crippen LogP contribution in [0, 0.1) is 34.9 Å². The van der Waals surface area contributed by atoms with Crippen LogP contribution < -0.4 is 0 Å². The molecule has 0 aliphatic rings. The molecule has 0 fully saturated rings. The molecule has 4 rings (SSSR count). The lowest BCUT2D eigenvalue weighted by Gasteiger charge is -2.10. The third kappa shape index (κ3) is 7.97. The standard InChI is InChI=1S/2C16H11F3O2/c2*1-21-15(20)9-12(10-5-3-2-4-6-10)16-13(18)7-11(17)8-14(16)19/h2*2-9H,1H3/b2*12-9-. The zero-order valence-corrected chi connectivity index (χ0v) is 22.1. The number of rotatable bonds is 6. The third-order valence-corrected chi connectivity index (χ3v) is 5.65. The van der Waals surface area contributed by atoms with Crippen LogP contribution in [0.3, 0.4) is 0 Å². The number of hydrogen-bond donors (Lipinski definition) is 0. The lowest BCUT2D eigenvalue weighted by Crippen LogP contribution is -2.03. The summed E-state index contributed by atoms with van der Waals surface area (Å²) in [5.41, 5.74) is -0.171. The third-order valence-electron chi connectivity index (χ3n) is 5.65. The van der Waals surface area contributed by atoms with E-state index in [0.717, 1.165) is 26.4 Å². The van der Waals surface area contributed by atoms with Crippen molar-refractivity contribution in [3.8, 4) is 0 Å². The summed E-state index contributed by atoms with van der Waals surface area (Å²) >= 11 is 0. The molecule has 0 unspecified atom stereocenters. The van der Waals surface area contributed by atoms with Crippen molar-refractivity contribution < 1.29 is 45.4 Å². The van der Waals surface area contributed by atoms with Gasteiger partial charge in [-0.05, 0) is 11.1 Å². The van der Waals surface area contributed by atoms with Gasteiger partial charge in [0.2, 0.25) is 0 Å². The second kappa shape index (κ2) is 14.5. The van der Waals surface area contributed by atoms with E-state index in [4.69, 9.17) is 0 Å². The number of methoxy groups -OCH3 is 2. The van der Waals surface area contributed by atoms with Crippen LogP contribution in [0.5, 0.6) is 0 Å². The summed E-state index contributed by atoms with van der Waals surface area (Å²) in [7, 11) is 2.30. The number of hydrogen-bond acceptors (Lipinski definition) is 4. The van der Waals surface area contributed by atoms with Crippen molar-refractivity contribution in [1.82, 2.24) is 0 Å². The van der Waals surface area contributed by atoms with Gasteiger partial charge in [0, 0.05) is 47.6 Å². The number of esters is 2. The highest BCUT2D eigenvalue weighted by Gasteiger charge is 2.20. The minimum atomic E-state index is -1.09. The molecule has 0 spiro atoms. The molecule has 216 valence electrons. The quantitative estimate of drug-likeness (QED) is 0.135. The molecule has 0 saturated carbocycles. The van der Waals surface area contributed by atoms with Crippen molar-refractivity contribution in [3.63, 3.8) is 0 Å². The largest absolute Gasteiger partial charge is 0.466 e. The van der Waals surface area contributed by atoms with E-state index in [1.165, 1.54) is 0 Å². The lowest BCUT2D eigenvalue weighted by molar-refractivity contribution is -0.135. The SMILES string of the molecule is COC(=O)/C=C(/c1ccccc1)c1c(F)cc(F)cc1F.COC(=O)/C=C(/c1ccccc1)c1c(F)cc(F)cc1F. The van der Waals surface area contributed by atoms with Gasteiger partial charge >= 0.3 is 11.9 Å². The summed E-state index contributed by atoms with van der Waals surface area (Å²) in [6.07, 6.45) is 1.93. The van der Waals surface area contributed by atoms with E-state index in [9.17, 15) is 35.9 Å². The van der Waals surface area contributed by atoms with Gasteiger partial charge in [-0.2, -0.15) is 0 Å². The molecule has 0 saturated heterocycles. The number of benzene rings is 4. The summed E-state index contributed by atoms with van der Waals surface area (Å²) in [5, 5.41) is 0. The first-order chi connectivity index (χ1) is 20.0. The fourth-order valence-corrected chi connectivity index (χ4v) is 3.79. The van der Waals surface area contributed by atoms with Crippen molar-refractivity contribution >= 4 is 23.1 Å². The van der Waals surface area contributed by atoms with Gasteiger partial charge in [-0.25, -0.2) is 35.9 Å². The molecule has 4 nitrogen and oxygen atoms in total. The van der Waals surface area contributed by atoms with Gasteiger partial charge in [-0.3, -0.25) is 0 Å². The highest BCUT2D eigenvalue weighted by Crippen LogP contribution is 2.30. The minimum Gasteiger partial charge on any atom is -0.466 e. The number of ether oxygens (including phenoxy) is 2. The van der Waals surface area contributed by atoms with Gasteiger partial charge in [0.05, 0.1) is 25.3 Å². The molecule has 0 heterocycles. The summed E-state index contributed by atoms with van der Waals surface area (Å²) in [6.45, 7) is 0. The van der Waals surface area contributed by atoms with Crippen molar-refractivity contribution in [2.75, 3.05) is 14.2 Å². The van der Waals surface area contributed by atoms with Crippen LogP contribution in [0.15, 0.2) is 97.1 Å². The Hall–Kier alpha value is -5.12. The molecule has 0 aliphatic carbocycles. The first-order valence-electron chi connectivity index (χ1n) is 12.1. The number of halogens is 6. The van der Waals surface area contributed by atoms with Crippen LogP contribution in [-0.4, -0.2) is 26.2 Å². The average Bonchev–Trinajstić information content (AvgIpc) is 2.96. The van der Waals surface area contributed by atoms with Crippen molar-refractivity contribution in [2.24, 2.45) is 0 Å². The molecule has 0 amide bonds. The molecule has 0 N–H and O–H groups in total. The van der Waals surface area contributed by atoms with Gasteiger partial charge < -0.3 is 9.47 Å². The van der Waals surface area contributed by atoms with Gasteiger partial charge in [0.1, 0.15) is 34.9 Å². The van der Waals surface area contributed by atoms with E-state index in [0.29, 0.717) is 35.4 Å². The fourth-order valence-electron chi connectivity index (χ4n) is 3.79. The van der Waals surface area contributed by atoms with Gasteiger partial charge in [0.15, 0.2) is 0 Å². The Balaban J connectivity index is 0.000000230. The van der Waals surface area contributed by atoms with E-state index in [1.807, 2.05) is 0 Å². The fraction of sp³-hybridized carbons (Fsp3) is 0.0625. The molecule has 42 heavy (non-hydrogen) atoms. The van der Waals surface area contributed by atoms with Gasteiger partial charge in [-0.1, -0.05) is 60.7 Å². The molecular formula is C32H22F6O4. The van der Waals surface area contributed by atoms with Crippen LogP contribution >= 0.6 is 0 Å². The zero-order chi connectivity index (χ0) is 30.8. The van der Waals surface area contributed by atoms with Gasteiger partial charge in [0.25, 0.3) is 0 Å². The van der Waals surface area contributed by atoms with E-state index in [2.05, 4.69) is 9.47 Å². The Morgan fingerprint density at radius 1 is 0.524 bits per heavy atom. The average molecular weight is 585 g/mol. The molecule has 4 aromatic rings. The Labute approximate surface area is 237 Å². The van der Waals surface area contributed by atoms with E-state index in [-0.39, 0.29) is 11.1 Å². The monoisotopic (exact) mass is 584 g/mol. The molecular weight excluding hydrogens is 562 g/mol. The Bertz CT molecular complexity index is 1460. The smallest absolute Gasteiger partial charge is 0.331 e. The number of carbonyl (C=O) groups is 2. The lowest BCUT2D eigenvalue weighted by atomic mass is 9.96. The predicted molar refractivity (Wildman–Crippen MR) is 144 cm³/mol. The molecule has 0 aliphatic heterocycles. The Kier molecular flexibility index (Phi) is 10.8. The molecule has 0 bridgehead atoms. The highest BCUT2D eigenvalue weighted by molar-refractivity contribution is 5.97. The normalized spacial score (nSPS) is 11.3. The maximum absolute atomic E-state index is 13.9. The molecule has 0 aromatic heterocycles. The predicted octanol–water partition coefficient (Wildman–Crippen LogP) is 7.42.